The molecular weight excluding hydrogens is 394 g/mol. The van der Waals surface area contributed by atoms with Gasteiger partial charge in [-0.2, -0.15) is 0 Å². The van der Waals surface area contributed by atoms with E-state index in [-0.39, 0.29) is 0 Å². The molecular formula is C25H32ClN3O. The number of fused-ring (bicyclic) bond motifs is 1. The molecule has 1 atom stereocenters. The minimum atomic E-state index is 0.357. The van der Waals surface area contributed by atoms with E-state index in [1.165, 1.54) is 6.42 Å². The van der Waals surface area contributed by atoms with Crippen LogP contribution < -0.4 is 10.1 Å². The number of anilines is 1. The molecule has 160 valence electrons. The number of pyridine rings is 1. The maximum absolute atomic E-state index is 6.07. The second-order valence-electron chi connectivity index (χ2n) is 7.66. The maximum Gasteiger partial charge on any atom is 0.119 e. The van der Waals surface area contributed by atoms with Gasteiger partial charge in [0.2, 0.25) is 0 Å². The molecule has 3 aromatic rings. The van der Waals surface area contributed by atoms with Gasteiger partial charge in [-0.3, -0.25) is 0 Å². The monoisotopic (exact) mass is 425 g/mol. The van der Waals surface area contributed by atoms with Gasteiger partial charge in [0.1, 0.15) is 5.75 Å². The Bertz CT molecular complexity index is 955. The largest absolute Gasteiger partial charge is 0.497 e. The van der Waals surface area contributed by atoms with Crippen molar-refractivity contribution >= 4 is 28.2 Å². The zero-order valence-electron chi connectivity index (χ0n) is 18.4. The first kappa shape index (κ1) is 22.4. The van der Waals surface area contributed by atoms with Crippen molar-refractivity contribution in [2.75, 3.05) is 32.1 Å². The molecule has 3 rings (SSSR count). The van der Waals surface area contributed by atoms with Gasteiger partial charge in [-0.1, -0.05) is 37.6 Å². The molecule has 2 aromatic carbocycles. The Kier molecular flexibility index (Phi) is 7.94. The fourth-order valence-corrected chi connectivity index (χ4v) is 3.84. The van der Waals surface area contributed by atoms with Crippen LogP contribution in [0.1, 0.15) is 33.6 Å². The summed E-state index contributed by atoms with van der Waals surface area (Å²) < 4.78 is 5.45. The minimum Gasteiger partial charge on any atom is -0.497 e. The number of hydrogen-bond acceptors (Lipinski definition) is 4. The van der Waals surface area contributed by atoms with Crippen LogP contribution >= 0.6 is 11.6 Å². The number of benzene rings is 2. The average Bonchev–Trinajstić information content (AvgIpc) is 2.77. The molecule has 0 aliphatic rings. The Morgan fingerprint density at radius 3 is 2.47 bits per heavy atom. The van der Waals surface area contributed by atoms with Crippen LogP contribution in [-0.2, 0) is 0 Å². The van der Waals surface area contributed by atoms with Gasteiger partial charge >= 0.3 is 0 Å². The molecule has 1 heterocycles. The van der Waals surface area contributed by atoms with Gasteiger partial charge in [0.15, 0.2) is 0 Å². The van der Waals surface area contributed by atoms with Crippen LogP contribution in [0, 0.1) is 0 Å². The molecule has 1 unspecified atom stereocenters. The second kappa shape index (κ2) is 10.6. The highest BCUT2D eigenvalue weighted by Gasteiger charge is 2.12. The van der Waals surface area contributed by atoms with Crippen LogP contribution in [0.2, 0.25) is 5.02 Å². The number of halogens is 1. The molecule has 0 saturated carbocycles. The molecule has 5 heteroatoms. The van der Waals surface area contributed by atoms with Crippen LogP contribution in [0.5, 0.6) is 5.75 Å². The predicted molar refractivity (Wildman–Crippen MR) is 129 cm³/mol. The zero-order chi connectivity index (χ0) is 21.5. The molecule has 0 bridgehead atoms. The predicted octanol–water partition coefficient (Wildman–Crippen LogP) is 6.49. The number of hydrogen-bond donors (Lipinski definition) is 1. The zero-order valence-corrected chi connectivity index (χ0v) is 19.2. The number of nitrogens with one attached hydrogen (secondary N) is 1. The van der Waals surface area contributed by atoms with Gasteiger partial charge in [0.25, 0.3) is 0 Å². The smallest absolute Gasteiger partial charge is 0.119 e. The van der Waals surface area contributed by atoms with Crippen molar-refractivity contribution in [3.8, 4) is 17.0 Å². The summed E-state index contributed by atoms with van der Waals surface area (Å²) in [5.74, 6) is 0.834. The van der Waals surface area contributed by atoms with E-state index in [1.807, 2.05) is 36.4 Å². The Hall–Kier alpha value is -2.30. The topological polar surface area (TPSA) is 37.4 Å². The van der Waals surface area contributed by atoms with Crippen LogP contribution in [0.4, 0.5) is 5.69 Å². The van der Waals surface area contributed by atoms with Crippen LogP contribution in [-0.4, -0.2) is 42.7 Å². The lowest BCUT2D eigenvalue weighted by atomic mass is 10.1. The van der Waals surface area contributed by atoms with Gasteiger partial charge in [-0.05, 0) is 75.8 Å². The van der Waals surface area contributed by atoms with Crippen molar-refractivity contribution in [3.05, 3.63) is 53.6 Å². The van der Waals surface area contributed by atoms with E-state index in [9.17, 15) is 0 Å². The first-order valence-corrected chi connectivity index (χ1v) is 11.2. The summed E-state index contributed by atoms with van der Waals surface area (Å²) in [6, 6.07) is 16.3. The van der Waals surface area contributed by atoms with E-state index >= 15 is 0 Å². The third-order valence-electron chi connectivity index (χ3n) is 5.56. The molecule has 0 fully saturated rings. The van der Waals surface area contributed by atoms with E-state index < -0.39 is 0 Å². The first-order chi connectivity index (χ1) is 14.5. The van der Waals surface area contributed by atoms with Crippen LogP contribution in [0.15, 0.2) is 48.5 Å². The first-order valence-electron chi connectivity index (χ1n) is 10.8. The Morgan fingerprint density at radius 1 is 1.07 bits per heavy atom. The fraction of sp³-hybridized carbons (Fsp3) is 0.400. The Balaban J connectivity index is 1.87. The molecule has 1 aromatic heterocycles. The van der Waals surface area contributed by atoms with Gasteiger partial charge in [0, 0.05) is 27.7 Å². The van der Waals surface area contributed by atoms with Crippen molar-refractivity contribution in [3.63, 3.8) is 0 Å². The summed E-state index contributed by atoms with van der Waals surface area (Å²) in [5.41, 5.74) is 4.01. The Labute approximate surface area is 185 Å². The fourth-order valence-electron chi connectivity index (χ4n) is 3.72. The molecule has 0 radical (unpaired) electrons. The SMILES string of the molecule is CCN(CC)CCCC(C)Nc1cc(-c2ccc(Cl)cc2)nc2ccc(OC)cc12. The van der Waals surface area contributed by atoms with Crippen LogP contribution in [0.3, 0.4) is 0 Å². The lowest BCUT2D eigenvalue weighted by molar-refractivity contribution is 0.295. The van der Waals surface area contributed by atoms with E-state index in [1.54, 1.807) is 7.11 Å². The van der Waals surface area contributed by atoms with Crippen molar-refractivity contribution in [2.24, 2.45) is 0 Å². The summed E-state index contributed by atoms with van der Waals surface area (Å²) in [6.45, 7) is 10.0. The molecule has 0 aliphatic carbocycles. The van der Waals surface area contributed by atoms with Crippen LogP contribution in [0.25, 0.3) is 22.2 Å². The normalized spacial score (nSPS) is 12.3. The standard InChI is InChI=1S/C25H32ClN3O/c1-5-29(6-2)15-7-8-18(3)27-25-17-24(19-9-11-20(26)12-10-19)28-23-14-13-21(30-4)16-22(23)25/h9-14,16-18H,5-8,15H2,1-4H3,(H,27,28). The third-order valence-corrected chi connectivity index (χ3v) is 5.82. The van der Waals surface area contributed by atoms with Gasteiger partial charge in [0.05, 0.1) is 18.3 Å². The van der Waals surface area contributed by atoms with E-state index in [0.717, 1.165) is 64.7 Å². The minimum absolute atomic E-state index is 0.357. The molecule has 0 amide bonds. The Morgan fingerprint density at radius 2 is 1.80 bits per heavy atom. The summed E-state index contributed by atoms with van der Waals surface area (Å²) in [6.07, 6.45) is 2.28. The highest BCUT2D eigenvalue weighted by Crippen LogP contribution is 2.32. The number of methoxy groups -OCH3 is 1. The second-order valence-corrected chi connectivity index (χ2v) is 8.10. The summed E-state index contributed by atoms with van der Waals surface area (Å²) in [4.78, 5) is 7.35. The van der Waals surface area contributed by atoms with Gasteiger partial charge in [-0.25, -0.2) is 4.98 Å². The van der Waals surface area contributed by atoms with E-state index in [4.69, 9.17) is 21.3 Å². The number of nitrogens with zero attached hydrogens (tertiary/aromatic N) is 2. The van der Waals surface area contributed by atoms with E-state index in [0.29, 0.717) is 6.04 Å². The summed E-state index contributed by atoms with van der Waals surface area (Å²) in [5, 5.41) is 5.53. The molecule has 1 N–H and O–H groups in total. The number of rotatable bonds is 10. The van der Waals surface area contributed by atoms with Crippen molar-refractivity contribution in [1.82, 2.24) is 9.88 Å². The lowest BCUT2D eigenvalue weighted by Gasteiger charge is -2.21. The average molecular weight is 426 g/mol. The quantitative estimate of drug-likeness (QED) is 0.403. The molecule has 0 saturated heterocycles. The highest BCUT2D eigenvalue weighted by atomic mass is 35.5. The summed E-state index contributed by atoms with van der Waals surface area (Å²) in [7, 11) is 1.69. The van der Waals surface area contributed by atoms with Crippen molar-refractivity contribution in [1.29, 1.82) is 0 Å². The molecule has 0 spiro atoms. The number of aromatic nitrogens is 1. The van der Waals surface area contributed by atoms with Gasteiger partial charge in [-0.15, -0.1) is 0 Å². The molecule has 30 heavy (non-hydrogen) atoms. The van der Waals surface area contributed by atoms with Gasteiger partial charge < -0.3 is 15.0 Å². The van der Waals surface area contributed by atoms with Crippen molar-refractivity contribution < 1.29 is 4.74 Å². The lowest BCUT2D eigenvalue weighted by Crippen LogP contribution is -2.25. The molecule has 0 aliphatic heterocycles. The highest BCUT2D eigenvalue weighted by molar-refractivity contribution is 6.30. The summed E-state index contributed by atoms with van der Waals surface area (Å²) >= 11 is 6.07. The maximum atomic E-state index is 6.07. The third kappa shape index (κ3) is 5.65. The van der Waals surface area contributed by atoms with E-state index in [2.05, 4.69) is 43.1 Å². The molecule has 4 nitrogen and oxygen atoms in total. The number of ether oxygens (including phenoxy) is 1. The van der Waals surface area contributed by atoms with Crippen molar-refractivity contribution in [2.45, 2.75) is 39.7 Å².